The maximum Gasteiger partial charge on any atom is 0.308 e. The highest BCUT2D eigenvalue weighted by molar-refractivity contribution is 7.89. The van der Waals surface area contributed by atoms with Crippen LogP contribution in [0, 0.1) is 11.8 Å². The Morgan fingerprint density at radius 2 is 1.65 bits per heavy atom. The van der Waals surface area contributed by atoms with Crippen LogP contribution < -0.4 is 5.32 Å². The quantitative estimate of drug-likeness (QED) is 0.643. The van der Waals surface area contributed by atoms with Gasteiger partial charge in [-0.05, 0) is 36.6 Å². The van der Waals surface area contributed by atoms with Gasteiger partial charge in [0.25, 0.3) is 5.91 Å². The van der Waals surface area contributed by atoms with Gasteiger partial charge in [0.05, 0.1) is 10.8 Å². The first-order valence-corrected chi connectivity index (χ1v) is 10.2. The van der Waals surface area contributed by atoms with Gasteiger partial charge < -0.3 is 10.4 Å². The van der Waals surface area contributed by atoms with E-state index in [9.17, 15) is 23.1 Å². The predicted octanol–water partition coefficient (Wildman–Crippen LogP) is 2.19. The Kier molecular flexibility index (Phi) is 8.23. The van der Waals surface area contributed by atoms with Crippen LogP contribution in [-0.4, -0.2) is 49.3 Å². The van der Waals surface area contributed by atoms with Crippen molar-refractivity contribution in [1.82, 2.24) is 9.62 Å². The fraction of sp³-hybridized carbons (Fsp3) is 0.556. The molecule has 0 saturated heterocycles. The summed E-state index contributed by atoms with van der Waals surface area (Å²) in [6, 6.07) is 5.66. The normalized spacial score (nSPS) is 13.0. The molecular formula is C18H28N2O5S. The number of nitrogens with zero attached hydrogens (tertiary/aromatic N) is 1. The second-order valence-electron chi connectivity index (χ2n) is 6.49. The highest BCUT2D eigenvalue weighted by Crippen LogP contribution is 2.16. The first kappa shape index (κ1) is 22.1. The van der Waals surface area contributed by atoms with E-state index in [-0.39, 0.29) is 22.9 Å². The summed E-state index contributed by atoms with van der Waals surface area (Å²) in [6.07, 6.45) is 0.469. The highest BCUT2D eigenvalue weighted by atomic mass is 32.2. The molecule has 0 aliphatic rings. The summed E-state index contributed by atoms with van der Waals surface area (Å²) in [7, 11) is -3.57. The molecule has 2 N–H and O–H groups in total. The van der Waals surface area contributed by atoms with Crippen molar-refractivity contribution < 1.29 is 23.1 Å². The lowest BCUT2D eigenvalue weighted by Gasteiger charge is -2.18. The van der Waals surface area contributed by atoms with Gasteiger partial charge in [-0.25, -0.2) is 8.42 Å². The number of rotatable bonds is 10. The maximum atomic E-state index is 12.4. The number of sulfonamides is 1. The summed E-state index contributed by atoms with van der Waals surface area (Å²) in [4.78, 5) is 23.6. The second-order valence-corrected chi connectivity index (χ2v) is 8.43. The van der Waals surface area contributed by atoms with Crippen molar-refractivity contribution in [3.63, 3.8) is 0 Å². The zero-order valence-electron chi connectivity index (χ0n) is 15.7. The number of carboxylic acids is 1. The molecule has 0 aromatic heterocycles. The third-order valence-corrected chi connectivity index (χ3v) is 6.14. The fourth-order valence-electron chi connectivity index (χ4n) is 2.65. The Labute approximate surface area is 155 Å². The largest absolute Gasteiger partial charge is 0.481 e. The molecule has 146 valence electrons. The van der Waals surface area contributed by atoms with Crippen molar-refractivity contribution in [2.24, 2.45) is 11.8 Å². The lowest BCUT2D eigenvalue weighted by Crippen LogP contribution is -2.33. The summed E-state index contributed by atoms with van der Waals surface area (Å²) >= 11 is 0. The van der Waals surface area contributed by atoms with Crippen molar-refractivity contribution in [3.8, 4) is 0 Å². The summed E-state index contributed by atoms with van der Waals surface area (Å²) in [5.41, 5.74) is 0.289. The van der Waals surface area contributed by atoms with Crippen LogP contribution in [0.25, 0.3) is 0 Å². The zero-order chi connectivity index (χ0) is 19.9. The summed E-state index contributed by atoms with van der Waals surface area (Å²) in [5.74, 6) is -1.81. The molecule has 1 amide bonds. The molecule has 1 unspecified atom stereocenters. The van der Waals surface area contributed by atoms with E-state index in [2.05, 4.69) is 5.32 Å². The number of hydrogen-bond acceptors (Lipinski definition) is 4. The number of amides is 1. The average molecular weight is 384 g/mol. The molecule has 1 aromatic rings. The molecule has 7 nitrogen and oxygen atoms in total. The van der Waals surface area contributed by atoms with Gasteiger partial charge in [-0.3, -0.25) is 9.59 Å². The minimum atomic E-state index is -3.57. The third kappa shape index (κ3) is 5.81. The molecule has 0 aliphatic carbocycles. The molecule has 0 aliphatic heterocycles. The van der Waals surface area contributed by atoms with E-state index in [0.29, 0.717) is 19.5 Å². The van der Waals surface area contributed by atoms with Crippen molar-refractivity contribution in [2.75, 3.05) is 19.6 Å². The minimum Gasteiger partial charge on any atom is -0.481 e. The number of carboxylic acid groups (broad SMARTS) is 1. The molecule has 0 radical (unpaired) electrons. The third-order valence-electron chi connectivity index (χ3n) is 4.07. The van der Waals surface area contributed by atoms with Gasteiger partial charge in [-0.1, -0.05) is 27.7 Å². The molecule has 0 fully saturated rings. The van der Waals surface area contributed by atoms with Gasteiger partial charge in [-0.15, -0.1) is 0 Å². The number of carbonyl (C=O) groups is 2. The molecule has 1 atom stereocenters. The van der Waals surface area contributed by atoms with E-state index in [1.165, 1.54) is 28.6 Å². The van der Waals surface area contributed by atoms with Crippen LogP contribution in [0.2, 0.25) is 0 Å². The molecule has 26 heavy (non-hydrogen) atoms. The molecule has 8 heteroatoms. The van der Waals surface area contributed by atoms with Crippen molar-refractivity contribution in [1.29, 1.82) is 0 Å². The lowest BCUT2D eigenvalue weighted by molar-refractivity contribution is -0.142. The van der Waals surface area contributed by atoms with Gasteiger partial charge in [0.15, 0.2) is 0 Å². The van der Waals surface area contributed by atoms with Crippen molar-refractivity contribution in [2.45, 2.75) is 39.0 Å². The number of carbonyl (C=O) groups excluding carboxylic acids is 1. The van der Waals surface area contributed by atoms with E-state index in [1.807, 2.05) is 13.8 Å². The van der Waals surface area contributed by atoms with Crippen LogP contribution in [0.5, 0.6) is 0 Å². The van der Waals surface area contributed by atoms with Crippen LogP contribution in [0.1, 0.15) is 44.5 Å². The van der Waals surface area contributed by atoms with E-state index < -0.39 is 27.8 Å². The molecule has 0 saturated carbocycles. The van der Waals surface area contributed by atoms with Crippen LogP contribution in [0.4, 0.5) is 0 Å². The number of benzene rings is 1. The van der Waals surface area contributed by atoms with Gasteiger partial charge >= 0.3 is 5.97 Å². The smallest absolute Gasteiger partial charge is 0.308 e. The lowest BCUT2D eigenvalue weighted by atomic mass is 9.97. The number of aliphatic carboxylic acids is 1. The van der Waals surface area contributed by atoms with E-state index in [4.69, 9.17) is 0 Å². The first-order valence-electron chi connectivity index (χ1n) is 8.74. The molecular weight excluding hydrogens is 356 g/mol. The first-order chi connectivity index (χ1) is 12.1. The average Bonchev–Trinajstić information content (AvgIpc) is 2.58. The second kappa shape index (κ2) is 9.68. The summed E-state index contributed by atoms with van der Waals surface area (Å²) in [6.45, 7) is 8.14. The van der Waals surface area contributed by atoms with Gasteiger partial charge in [0, 0.05) is 25.2 Å². The Balaban J connectivity index is 2.82. The minimum absolute atomic E-state index is 0.0336. The SMILES string of the molecule is CCN(CC)S(=O)(=O)c1ccc(C(=O)NCC(CC(C)C)C(=O)O)cc1. The van der Waals surface area contributed by atoms with Gasteiger partial charge in [0.2, 0.25) is 10.0 Å². The Bertz CT molecular complexity index is 710. The van der Waals surface area contributed by atoms with Crippen molar-refractivity contribution >= 4 is 21.9 Å². The summed E-state index contributed by atoms with van der Waals surface area (Å²) in [5, 5.41) is 11.8. The maximum absolute atomic E-state index is 12.4. The van der Waals surface area contributed by atoms with Crippen LogP contribution in [-0.2, 0) is 14.8 Å². The standard InChI is InChI=1S/C18H28N2O5S/c1-5-20(6-2)26(24,25)16-9-7-14(8-10-16)17(21)19-12-15(18(22)23)11-13(3)4/h7-10,13,15H,5-6,11-12H2,1-4H3,(H,19,21)(H,22,23). The Morgan fingerprint density at radius 3 is 2.08 bits per heavy atom. The molecule has 0 spiro atoms. The van der Waals surface area contributed by atoms with Crippen LogP contribution >= 0.6 is 0 Å². The molecule has 0 heterocycles. The monoisotopic (exact) mass is 384 g/mol. The van der Waals surface area contributed by atoms with Gasteiger partial charge in [-0.2, -0.15) is 4.31 Å². The van der Waals surface area contributed by atoms with E-state index >= 15 is 0 Å². The Hall–Kier alpha value is -1.93. The van der Waals surface area contributed by atoms with Gasteiger partial charge in [0.1, 0.15) is 0 Å². The fourth-order valence-corrected chi connectivity index (χ4v) is 4.11. The Morgan fingerprint density at radius 1 is 1.12 bits per heavy atom. The molecule has 1 aromatic carbocycles. The van der Waals surface area contributed by atoms with E-state index in [1.54, 1.807) is 13.8 Å². The highest BCUT2D eigenvalue weighted by Gasteiger charge is 2.22. The van der Waals surface area contributed by atoms with Crippen LogP contribution in [0.3, 0.4) is 0 Å². The van der Waals surface area contributed by atoms with Crippen LogP contribution in [0.15, 0.2) is 29.2 Å². The predicted molar refractivity (Wildman–Crippen MR) is 99.5 cm³/mol. The molecule has 0 bridgehead atoms. The topological polar surface area (TPSA) is 104 Å². The van der Waals surface area contributed by atoms with E-state index in [0.717, 1.165) is 0 Å². The molecule has 1 rings (SSSR count). The number of nitrogens with one attached hydrogen (secondary N) is 1. The summed E-state index contributed by atoms with van der Waals surface area (Å²) < 4.78 is 26.2. The number of hydrogen-bond donors (Lipinski definition) is 2. The zero-order valence-corrected chi connectivity index (χ0v) is 16.5. The van der Waals surface area contributed by atoms with Crippen molar-refractivity contribution in [3.05, 3.63) is 29.8 Å².